The second kappa shape index (κ2) is 3.76. The highest BCUT2D eigenvalue weighted by Gasteiger charge is 2.14. The number of hydrogen-bond donors (Lipinski definition) is 0. The molecule has 0 aromatic heterocycles. The van der Waals surface area contributed by atoms with Gasteiger partial charge < -0.3 is 4.79 Å². The van der Waals surface area contributed by atoms with Crippen molar-refractivity contribution < 1.29 is 14.4 Å². The summed E-state index contributed by atoms with van der Waals surface area (Å²) in [7, 11) is 0. The van der Waals surface area contributed by atoms with E-state index in [9.17, 15) is 14.4 Å². The SMILES string of the molecule is O=CC1=C(C=O)CC(C=O)C=C1. The monoisotopic (exact) mass is 164 g/mol. The van der Waals surface area contributed by atoms with Crippen molar-refractivity contribution in [2.75, 3.05) is 0 Å². The van der Waals surface area contributed by atoms with E-state index in [4.69, 9.17) is 0 Å². The maximum Gasteiger partial charge on any atom is 0.150 e. The summed E-state index contributed by atoms with van der Waals surface area (Å²) in [5.41, 5.74) is 0.785. The minimum atomic E-state index is -0.256. The molecule has 0 bridgehead atoms. The van der Waals surface area contributed by atoms with Crippen LogP contribution in [0.3, 0.4) is 0 Å². The summed E-state index contributed by atoms with van der Waals surface area (Å²) in [5.74, 6) is -0.256. The van der Waals surface area contributed by atoms with Crippen LogP contribution in [-0.4, -0.2) is 18.9 Å². The lowest BCUT2D eigenvalue weighted by molar-refractivity contribution is -0.110. The molecule has 0 aromatic carbocycles. The topological polar surface area (TPSA) is 51.2 Å². The summed E-state index contributed by atoms with van der Waals surface area (Å²) in [6.07, 6.45) is 5.51. The zero-order valence-electron chi connectivity index (χ0n) is 6.40. The predicted molar refractivity (Wildman–Crippen MR) is 42.5 cm³/mol. The zero-order valence-corrected chi connectivity index (χ0v) is 6.40. The van der Waals surface area contributed by atoms with Crippen molar-refractivity contribution in [2.24, 2.45) is 5.92 Å². The third-order valence-corrected chi connectivity index (χ3v) is 1.79. The number of aldehydes is 3. The van der Waals surface area contributed by atoms with Gasteiger partial charge in [0.25, 0.3) is 0 Å². The quantitative estimate of drug-likeness (QED) is 0.569. The van der Waals surface area contributed by atoms with E-state index in [-0.39, 0.29) is 5.92 Å². The van der Waals surface area contributed by atoms with E-state index in [1.165, 1.54) is 6.08 Å². The van der Waals surface area contributed by atoms with E-state index < -0.39 is 0 Å². The molecule has 0 spiro atoms. The molecule has 1 rings (SSSR count). The van der Waals surface area contributed by atoms with Gasteiger partial charge in [-0.25, -0.2) is 0 Å². The van der Waals surface area contributed by atoms with E-state index in [1.54, 1.807) is 6.08 Å². The summed E-state index contributed by atoms with van der Waals surface area (Å²) in [6, 6.07) is 0. The van der Waals surface area contributed by atoms with Crippen molar-refractivity contribution in [3.05, 3.63) is 23.3 Å². The summed E-state index contributed by atoms with van der Waals surface area (Å²) in [4.78, 5) is 31.1. The van der Waals surface area contributed by atoms with Crippen LogP contribution in [0.1, 0.15) is 6.42 Å². The molecule has 0 saturated carbocycles. The first-order valence-corrected chi connectivity index (χ1v) is 3.58. The normalized spacial score (nSPS) is 22.2. The number of carbonyl (C=O) groups excluding carboxylic acids is 3. The van der Waals surface area contributed by atoms with E-state index in [0.717, 1.165) is 6.29 Å². The fourth-order valence-corrected chi connectivity index (χ4v) is 1.10. The first-order valence-electron chi connectivity index (χ1n) is 3.58. The van der Waals surface area contributed by atoms with Crippen LogP contribution < -0.4 is 0 Å². The molecule has 0 heterocycles. The Balaban J connectivity index is 2.92. The van der Waals surface area contributed by atoms with Gasteiger partial charge in [0.1, 0.15) is 18.9 Å². The fourth-order valence-electron chi connectivity index (χ4n) is 1.10. The molecule has 0 aromatic rings. The van der Waals surface area contributed by atoms with E-state index >= 15 is 0 Å². The van der Waals surface area contributed by atoms with E-state index in [0.29, 0.717) is 30.1 Å². The Morgan fingerprint density at radius 1 is 1.25 bits per heavy atom. The third kappa shape index (κ3) is 1.56. The maximum absolute atomic E-state index is 10.4. The first kappa shape index (κ1) is 8.59. The van der Waals surface area contributed by atoms with Gasteiger partial charge in [-0.2, -0.15) is 0 Å². The molecule has 3 heteroatoms. The lowest BCUT2D eigenvalue weighted by Crippen LogP contribution is -2.08. The molecule has 0 aliphatic heterocycles. The molecule has 1 aliphatic carbocycles. The van der Waals surface area contributed by atoms with Crippen LogP contribution in [0.25, 0.3) is 0 Å². The Kier molecular flexibility index (Phi) is 2.69. The molecule has 0 saturated heterocycles. The Labute approximate surface area is 69.8 Å². The van der Waals surface area contributed by atoms with Gasteiger partial charge >= 0.3 is 0 Å². The molecular formula is C9H8O3. The lowest BCUT2D eigenvalue weighted by atomic mass is 9.92. The molecule has 0 fully saturated rings. The second-order valence-corrected chi connectivity index (χ2v) is 2.58. The van der Waals surface area contributed by atoms with Crippen molar-refractivity contribution in [3.63, 3.8) is 0 Å². The van der Waals surface area contributed by atoms with Gasteiger partial charge in [-0.05, 0) is 6.42 Å². The third-order valence-electron chi connectivity index (χ3n) is 1.79. The zero-order chi connectivity index (χ0) is 8.97. The van der Waals surface area contributed by atoms with Gasteiger partial charge in [0, 0.05) is 17.1 Å². The summed E-state index contributed by atoms with van der Waals surface area (Å²) < 4.78 is 0. The van der Waals surface area contributed by atoms with Crippen LogP contribution >= 0.6 is 0 Å². The van der Waals surface area contributed by atoms with Gasteiger partial charge in [-0.15, -0.1) is 0 Å². The Bertz CT molecular complexity index is 273. The average Bonchev–Trinajstić information content (AvgIpc) is 2.16. The number of hydrogen-bond acceptors (Lipinski definition) is 3. The van der Waals surface area contributed by atoms with Gasteiger partial charge in [-0.1, -0.05) is 12.2 Å². The molecular weight excluding hydrogens is 156 g/mol. The van der Waals surface area contributed by atoms with Gasteiger partial charge in [0.15, 0.2) is 0 Å². The summed E-state index contributed by atoms with van der Waals surface area (Å²) in [6.45, 7) is 0. The van der Waals surface area contributed by atoms with Gasteiger partial charge in [0.2, 0.25) is 0 Å². The van der Waals surface area contributed by atoms with E-state index in [1.807, 2.05) is 0 Å². The molecule has 1 atom stereocenters. The van der Waals surface area contributed by atoms with Crippen LogP contribution in [0.5, 0.6) is 0 Å². The smallest absolute Gasteiger partial charge is 0.150 e. The molecule has 3 nitrogen and oxygen atoms in total. The highest BCUT2D eigenvalue weighted by atomic mass is 16.1. The van der Waals surface area contributed by atoms with E-state index in [2.05, 4.69) is 0 Å². The highest BCUT2D eigenvalue weighted by molar-refractivity contribution is 5.90. The van der Waals surface area contributed by atoms with Crippen LogP contribution in [0, 0.1) is 5.92 Å². The van der Waals surface area contributed by atoms with Crippen molar-refractivity contribution >= 4 is 18.9 Å². The van der Waals surface area contributed by atoms with Gasteiger partial charge in [0.05, 0.1) is 0 Å². The first-order chi connectivity index (χ1) is 5.81. The summed E-state index contributed by atoms with van der Waals surface area (Å²) >= 11 is 0. The highest BCUT2D eigenvalue weighted by Crippen LogP contribution is 2.19. The fraction of sp³-hybridized carbons (Fsp3) is 0.222. The minimum absolute atomic E-state index is 0.256. The number of allylic oxidation sites excluding steroid dienone is 4. The van der Waals surface area contributed by atoms with Crippen LogP contribution in [0.2, 0.25) is 0 Å². The van der Waals surface area contributed by atoms with Crippen molar-refractivity contribution in [1.29, 1.82) is 0 Å². The molecule has 0 amide bonds. The largest absolute Gasteiger partial charge is 0.303 e. The van der Waals surface area contributed by atoms with Crippen LogP contribution in [0.4, 0.5) is 0 Å². The average molecular weight is 164 g/mol. The minimum Gasteiger partial charge on any atom is -0.303 e. The van der Waals surface area contributed by atoms with Crippen molar-refractivity contribution in [3.8, 4) is 0 Å². The predicted octanol–water partition coefficient (Wildman–Crippen LogP) is 0.456. The maximum atomic E-state index is 10.4. The van der Waals surface area contributed by atoms with Crippen LogP contribution in [-0.2, 0) is 14.4 Å². The summed E-state index contributed by atoms with van der Waals surface area (Å²) in [5, 5.41) is 0. The molecule has 1 unspecified atom stereocenters. The molecule has 0 radical (unpaired) electrons. The molecule has 12 heavy (non-hydrogen) atoms. The van der Waals surface area contributed by atoms with Crippen molar-refractivity contribution in [2.45, 2.75) is 6.42 Å². The lowest BCUT2D eigenvalue weighted by Gasteiger charge is -2.10. The number of carbonyl (C=O) groups is 3. The number of rotatable bonds is 3. The van der Waals surface area contributed by atoms with Crippen LogP contribution in [0.15, 0.2) is 23.3 Å². The Hall–Kier alpha value is -1.51. The second-order valence-electron chi connectivity index (χ2n) is 2.58. The Morgan fingerprint density at radius 3 is 2.50 bits per heavy atom. The standard InChI is InChI=1S/C9H8O3/c10-4-7-1-2-8(5-11)9(3-7)6-12/h1-2,4-7H,3H2. The molecule has 0 N–H and O–H groups in total. The Morgan fingerprint density at radius 2 is 2.00 bits per heavy atom. The molecule has 62 valence electrons. The molecule has 1 aliphatic rings. The van der Waals surface area contributed by atoms with Crippen molar-refractivity contribution in [1.82, 2.24) is 0 Å². The van der Waals surface area contributed by atoms with Gasteiger partial charge in [-0.3, -0.25) is 9.59 Å².